The highest BCUT2D eigenvalue weighted by Crippen LogP contribution is 2.33. The number of likely N-dealkylation sites (N-methyl/N-ethyl adjacent to an activating group) is 1. The van der Waals surface area contributed by atoms with Crippen molar-refractivity contribution in [3.8, 4) is 5.75 Å². The van der Waals surface area contributed by atoms with Crippen LogP contribution in [-0.2, 0) is 0 Å². The third-order valence-corrected chi connectivity index (χ3v) is 2.65. The van der Waals surface area contributed by atoms with Gasteiger partial charge < -0.3 is 21.1 Å². The van der Waals surface area contributed by atoms with Crippen molar-refractivity contribution in [2.45, 2.75) is 0 Å². The van der Waals surface area contributed by atoms with Gasteiger partial charge in [0, 0.05) is 13.1 Å². The third kappa shape index (κ3) is 3.00. The molecule has 6 nitrogen and oxygen atoms in total. The molecule has 0 bridgehead atoms. The molecule has 1 aliphatic rings. The van der Waals surface area contributed by atoms with Crippen molar-refractivity contribution in [1.29, 1.82) is 0 Å². The Bertz CT molecular complexity index is 562. The maximum atomic E-state index is 5.84. The van der Waals surface area contributed by atoms with E-state index in [1.807, 2.05) is 24.2 Å². The Hall–Kier alpha value is -2.59. The SMILES string of the molecule is COc1cc(N=NC2=CCN(C)C=[C+]2)c(N)cc1N. The summed E-state index contributed by atoms with van der Waals surface area (Å²) in [6, 6.07) is 3.27. The molecule has 0 saturated carbocycles. The number of azo groups is 1. The van der Waals surface area contributed by atoms with Gasteiger partial charge in [-0.2, -0.15) is 0 Å². The van der Waals surface area contributed by atoms with Crippen LogP contribution in [0.4, 0.5) is 17.1 Å². The fourth-order valence-electron chi connectivity index (χ4n) is 1.56. The van der Waals surface area contributed by atoms with Gasteiger partial charge in [0.15, 0.2) is 6.20 Å². The average molecular weight is 258 g/mol. The van der Waals surface area contributed by atoms with Gasteiger partial charge in [0.05, 0.1) is 24.6 Å². The number of nitrogens with two attached hydrogens (primary N) is 2. The molecular weight excluding hydrogens is 242 g/mol. The number of hydrogen-bond donors (Lipinski definition) is 2. The van der Waals surface area contributed by atoms with Crippen molar-refractivity contribution in [2.24, 2.45) is 10.2 Å². The molecule has 98 valence electrons. The van der Waals surface area contributed by atoms with Crippen LogP contribution in [0, 0.1) is 6.08 Å². The molecule has 1 aromatic carbocycles. The third-order valence-electron chi connectivity index (χ3n) is 2.65. The lowest BCUT2D eigenvalue weighted by Crippen LogP contribution is -2.13. The van der Waals surface area contributed by atoms with Crippen LogP contribution in [0.5, 0.6) is 5.75 Å². The highest BCUT2D eigenvalue weighted by Gasteiger charge is 2.11. The Balaban J connectivity index is 2.22. The normalized spacial score (nSPS) is 14.4. The van der Waals surface area contributed by atoms with Crippen LogP contribution in [0.1, 0.15) is 0 Å². The summed E-state index contributed by atoms with van der Waals surface area (Å²) >= 11 is 0. The summed E-state index contributed by atoms with van der Waals surface area (Å²) in [6.07, 6.45) is 6.75. The van der Waals surface area contributed by atoms with Gasteiger partial charge in [-0.3, -0.25) is 0 Å². The van der Waals surface area contributed by atoms with E-state index in [0.29, 0.717) is 28.5 Å². The minimum Gasteiger partial charge on any atom is -0.495 e. The van der Waals surface area contributed by atoms with Gasteiger partial charge in [-0.1, -0.05) is 5.11 Å². The molecule has 1 aliphatic heterocycles. The number of allylic oxidation sites excluding steroid dienone is 1. The highest BCUT2D eigenvalue weighted by atomic mass is 16.5. The quantitative estimate of drug-likeness (QED) is 0.493. The number of nitrogen functional groups attached to an aromatic ring is 2. The topological polar surface area (TPSA) is 89.2 Å². The molecule has 2 rings (SSSR count). The fraction of sp³-hybridized carbons (Fsp3) is 0.231. The summed E-state index contributed by atoms with van der Waals surface area (Å²) in [5.74, 6) is 0.528. The second-order valence-electron chi connectivity index (χ2n) is 4.16. The lowest BCUT2D eigenvalue weighted by molar-refractivity contribution is 0.417. The highest BCUT2D eigenvalue weighted by molar-refractivity contribution is 5.73. The van der Waals surface area contributed by atoms with Crippen LogP contribution in [0.15, 0.2) is 40.3 Å². The Morgan fingerprint density at radius 2 is 2.05 bits per heavy atom. The van der Waals surface area contributed by atoms with Crippen molar-refractivity contribution in [2.75, 3.05) is 32.2 Å². The van der Waals surface area contributed by atoms with Gasteiger partial charge in [-0.15, -0.1) is 5.11 Å². The molecule has 0 radical (unpaired) electrons. The number of benzene rings is 1. The maximum absolute atomic E-state index is 5.84. The summed E-state index contributed by atoms with van der Waals surface area (Å²) < 4.78 is 5.12. The standard InChI is InChI=1S/C13H16N5O/c1-18-5-3-9(4-6-18)16-17-12-8-13(19-2)11(15)7-10(12)14/h3,6-8H,5,14-15H2,1-2H3/q+1. The molecule has 0 aromatic heterocycles. The molecule has 1 aromatic rings. The van der Waals surface area contributed by atoms with E-state index in [1.165, 1.54) is 0 Å². The van der Waals surface area contributed by atoms with E-state index < -0.39 is 0 Å². The Morgan fingerprint density at radius 1 is 1.26 bits per heavy atom. The van der Waals surface area contributed by atoms with E-state index >= 15 is 0 Å². The van der Waals surface area contributed by atoms with Crippen LogP contribution in [-0.4, -0.2) is 25.6 Å². The largest absolute Gasteiger partial charge is 0.495 e. The van der Waals surface area contributed by atoms with Crippen molar-refractivity contribution < 1.29 is 4.74 Å². The van der Waals surface area contributed by atoms with Gasteiger partial charge >= 0.3 is 5.70 Å². The van der Waals surface area contributed by atoms with E-state index in [4.69, 9.17) is 16.2 Å². The zero-order valence-corrected chi connectivity index (χ0v) is 10.9. The van der Waals surface area contributed by atoms with E-state index in [-0.39, 0.29) is 0 Å². The molecule has 6 heteroatoms. The first kappa shape index (κ1) is 12.9. The molecule has 0 amide bonds. The minimum absolute atomic E-state index is 0.458. The Morgan fingerprint density at radius 3 is 2.68 bits per heavy atom. The fourth-order valence-corrected chi connectivity index (χ4v) is 1.56. The number of anilines is 2. The predicted octanol–water partition coefficient (Wildman–Crippen LogP) is 2.09. The summed E-state index contributed by atoms with van der Waals surface area (Å²) in [4.78, 5) is 1.99. The molecule has 19 heavy (non-hydrogen) atoms. The minimum atomic E-state index is 0.458. The Kier molecular flexibility index (Phi) is 3.63. The van der Waals surface area contributed by atoms with Crippen molar-refractivity contribution in [3.63, 3.8) is 0 Å². The van der Waals surface area contributed by atoms with Crippen LogP contribution in [0.2, 0.25) is 0 Å². The first-order valence-corrected chi connectivity index (χ1v) is 5.75. The van der Waals surface area contributed by atoms with Crippen LogP contribution in [0.3, 0.4) is 0 Å². The summed E-state index contributed by atoms with van der Waals surface area (Å²) in [5.41, 5.74) is 13.7. The van der Waals surface area contributed by atoms with Crippen molar-refractivity contribution in [3.05, 3.63) is 36.2 Å². The number of nitrogens with zero attached hydrogens (tertiary/aromatic N) is 3. The monoisotopic (exact) mass is 258 g/mol. The van der Waals surface area contributed by atoms with Gasteiger partial charge in [0.2, 0.25) is 0 Å². The van der Waals surface area contributed by atoms with Gasteiger partial charge in [0.1, 0.15) is 24.1 Å². The molecule has 0 fully saturated rings. The molecule has 1 heterocycles. The van der Waals surface area contributed by atoms with Gasteiger partial charge in [-0.05, 0) is 6.07 Å². The maximum Gasteiger partial charge on any atom is 0.304 e. The zero-order chi connectivity index (χ0) is 13.8. The molecule has 0 spiro atoms. The number of methoxy groups -OCH3 is 1. The average Bonchev–Trinajstić information content (AvgIpc) is 2.40. The van der Waals surface area contributed by atoms with E-state index in [9.17, 15) is 0 Å². The van der Waals surface area contributed by atoms with Gasteiger partial charge in [-0.25, -0.2) is 0 Å². The van der Waals surface area contributed by atoms with Crippen LogP contribution >= 0.6 is 0 Å². The Labute approximate surface area is 112 Å². The summed E-state index contributed by atoms with van der Waals surface area (Å²) in [5, 5.41) is 8.19. The van der Waals surface area contributed by atoms with Crippen LogP contribution in [0.25, 0.3) is 0 Å². The van der Waals surface area contributed by atoms with Crippen LogP contribution < -0.4 is 16.2 Å². The lowest BCUT2D eigenvalue weighted by Gasteiger charge is -2.07. The predicted molar refractivity (Wildman–Crippen MR) is 74.9 cm³/mol. The second-order valence-corrected chi connectivity index (χ2v) is 4.16. The lowest BCUT2D eigenvalue weighted by atomic mass is 10.2. The summed E-state index contributed by atoms with van der Waals surface area (Å²) in [6.45, 7) is 0.780. The van der Waals surface area contributed by atoms with E-state index in [2.05, 4.69) is 16.3 Å². The second kappa shape index (κ2) is 5.37. The molecule has 0 aliphatic carbocycles. The van der Waals surface area contributed by atoms with Crippen molar-refractivity contribution in [1.82, 2.24) is 4.90 Å². The number of rotatable bonds is 3. The van der Waals surface area contributed by atoms with E-state index in [1.54, 1.807) is 19.2 Å². The van der Waals surface area contributed by atoms with E-state index in [0.717, 1.165) is 6.54 Å². The van der Waals surface area contributed by atoms with Gasteiger partial charge in [0.25, 0.3) is 0 Å². The molecule has 0 atom stereocenters. The molecule has 4 N–H and O–H groups in total. The zero-order valence-electron chi connectivity index (χ0n) is 10.9. The molecular formula is C13H16N5O+. The smallest absolute Gasteiger partial charge is 0.304 e. The number of hydrogen-bond acceptors (Lipinski definition) is 6. The first-order valence-electron chi connectivity index (χ1n) is 5.75. The molecule has 0 saturated heterocycles. The molecule has 0 unspecified atom stereocenters. The first-order chi connectivity index (χ1) is 9.10. The number of ether oxygens (including phenoxy) is 1. The summed E-state index contributed by atoms with van der Waals surface area (Å²) in [7, 11) is 3.50. The van der Waals surface area contributed by atoms with Crippen molar-refractivity contribution >= 4 is 17.1 Å².